The number of non-ortho nitro benzene ring substituents is 1. The Labute approximate surface area is 159 Å². The predicted octanol–water partition coefficient (Wildman–Crippen LogP) is 4.86. The second-order valence-electron chi connectivity index (χ2n) is 5.89. The smallest absolute Gasteiger partial charge is 0.273 e. The van der Waals surface area contributed by atoms with Crippen molar-refractivity contribution in [3.8, 4) is 5.75 Å². The van der Waals surface area contributed by atoms with Gasteiger partial charge in [-0.25, -0.2) is 8.42 Å². The second-order valence-corrected chi connectivity index (χ2v) is 8.74. The van der Waals surface area contributed by atoms with Crippen molar-refractivity contribution in [2.45, 2.75) is 18.2 Å². The first-order valence-electron chi connectivity index (χ1n) is 7.55. The summed E-state index contributed by atoms with van der Waals surface area (Å²) >= 11 is 3.33. The SMILES string of the molecule is C=C(C)CC1=C(c2ccc(Br)cc2)Oc2cc([N+](=O)[O-])ccc2S1(=O)=O. The Bertz CT molecular complexity index is 1060. The van der Waals surface area contributed by atoms with E-state index in [4.69, 9.17) is 4.74 Å². The number of nitro groups is 1. The maximum atomic E-state index is 13.1. The zero-order valence-corrected chi connectivity index (χ0v) is 16.1. The van der Waals surface area contributed by atoms with Crippen LogP contribution in [0.1, 0.15) is 18.9 Å². The first-order chi connectivity index (χ1) is 12.2. The summed E-state index contributed by atoms with van der Waals surface area (Å²) in [5.74, 6) is 0.107. The molecule has 0 spiro atoms. The molecular weight excluding hydrogens is 422 g/mol. The molecule has 0 atom stereocenters. The van der Waals surface area contributed by atoms with Gasteiger partial charge in [-0.05, 0) is 25.1 Å². The monoisotopic (exact) mass is 435 g/mol. The fourth-order valence-electron chi connectivity index (χ4n) is 2.60. The molecule has 6 nitrogen and oxygen atoms in total. The minimum Gasteiger partial charge on any atom is -0.454 e. The lowest BCUT2D eigenvalue weighted by Crippen LogP contribution is -2.17. The number of nitro benzene ring substituents is 1. The Morgan fingerprint density at radius 2 is 1.88 bits per heavy atom. The highest BCUT2D eigenvalue weighted by atomic mass is 79.9. The zero-order valence-electron chi connectivity index (χ0n) is 13.7. The van der Waals surface area contributed by atoms with Crippen LogP contribution < -0.4 is 4.74 Å². The highest BCUT2D eigenvalue weighted by Gasteiger charge is 2.35. The summed E-state index contributed by atoms with van der Waals surface area (Å²) in [7, 11) is -3.87. The van der Waals surface area contributed by atoms with E-state index in [0.717, 1.165) is 16.6 Å². The Morgan fingerprint density at radius 3 is 2.46 bits per heavy atom. The van der Waals surface area contributed by atoms with Gasteiger partial charge in [0.15, 0.2) is 5.75 Å². The highest BCUT2D eigenvalue weighted by Crippen LogP contribution is 2.43. The number of benzene rings is 2. The molecule has 0 aromatic heterocycles. The fourth-order valence-corrected chi connectivity index (χ4v) is 4.59. The lowest BCUT2D eigenvalue weighted by Gasteiger charge is -2.24. The number of halogens is 1. The van der Waals surface area contributed by atoms with Crippen LogP contribution >= 0.6 is 15.9 Å². The van der Waals surface area contributed by atoms with Crippen LogP contribution in [0.15, 0.2) is 68.9 Å². The topological polar surface area (TPSA) is 86.5 Å². The van der Waals surface area contributed by atoms with Crippen LogP contribution in [0.25, 0.3) is 5.76 Å². The summed E-state index contributed by atoms with van der Waals surface area (Å²) in [5.41, 5.74) is 0.981. The highest BCUT2D eigenvalue weighted by molar-refractivity contribution is 9.10. The fraction of sp³-hybridized carbons (Fsp3) is 0.111. The third-order valence-corrected chi connectivity index (χ3v) is 6.21. The molecule has 2 aromatic carbocycles. The molecule has 0 fully saturated rings. The molecule has 1 aliphatic heterocycles. The van der Waals surface area contributed by atoms with Crippen LogP contribution in [0.5, 0.6) is 5.75 Å². The molecule has 3 rings (SSSR count). The normalized spacial score (nSPS) is 15.2. The average molecular weight is 436 g/mol. The van der Waals surface area contributed by atoms with Crippen molar-refractivity contribution in [1.29, 1.82) is 0 Å². The van der Waals surface area contributed by atoms with Crippen LogP contribution in [0.3, 0.4) is 0 Å². The molecule has 2 aromatic rings. The van der Waals surface area contributed by atoms with Crippen molar-refractivity contribution in [3.63, 3.8) is 0 Å². The van der Waals surface area contributed by atoms with Gasteiger partial charge in [0.2, 0.25) is 9.84 Å². The average Bonchev–Trinajstić information content (AvgIpc) is 2.57. The Hall–Kier alpha value is -2.45. The number of allylic oxidation sites excluding steroid dienone is 2. The van der Waals surface area contributed by atoms with E-state index in [1.807, 2.05) is 0 Å². The van der Waals surface area contributed by atoms with E-state index in [1.165, 1.54) is 6.07 Å². The van der Waals surface area contributed by atoms with E-state index in [2.05, 4.69) is 22.5 Å². The predicted molar refractivity (Wildman–Crippen MR) is 101 cm³/mol. The van der Waals surface area contributed by atoms with Crippen molar-refractivity contribution < 1.29 is 18.1 Å². The standard InChI is InChI=1S/C18H14BrNO5S/c1-11(2)9-17-18(12-3-5-13(19)6-4-12)25-15-10-14(20(21)22)7-8-16(15)26(17,23)24/h3-8,10H,1,9H2,2H3. The number of ether oxygens (including phenoxy) is 1. The van der Waals surface area contributed by atoms with Gasteiger partial charge in [0, 0.05) is 22.5 Å². The second kappa shape index (κ2) is 6.69. The minimum absolute atomic E-state index is 0.0532. The summed E-state index contributed by atoms with van der Waals surface area (Å²) < 4.78 is 32.9. The first kappa shape index (κ1) is 18.3. The Morgan fingerprint density at radius 1 is 1.23 bits per heavy atom. The quantitative estimate of drug-likeness (QED) is 0.388. The van der Waals surface area contributed by atoms with Gasteiger partial charge >= 0.3 is 0 Å². The van der Waals surface area contributed by atoms with Gasteiger partial charge in [0.05, 0.1) is 15.9 Å². The summed E-state index contributed by atoms with van der Waals surface area (Å²) in [6.45, 7) is 5.53. The van der Waals surface area contributed by atoms with Crippen molar-refractivity contribution >= 4 is 37.2 Å². The maximum absolute atomic E-state index is 13.1. The lowest BCUT2D eigenvalue weighted by molar-refractivity contribution is -0.385. The van der Waals surface area contributed by atoms with Crippen molar-refractivity contribution in [1.82, 2.24) is 0 Å². The number of fused-ring (bicyclic) bond motifs is 1. The molecule has 26 heavy (non-hydrogen) atoms. The Kier molecular flexibility index (Phi) is 4.72. The van der Waals surface area contributed by atoms with E-state index in [0.29, 0.717) is 11.1 Å². The number of hydrogen-bond acceptors (Lipinski definition) is 5. The molecule has 0 N–H and O–H groups in total. The molecule has 0 unspecified atom stereocenters. The van der Waals surface area contributed by atoms with E-state index in [9.17, 15) is 18.5 Å². The largest absolute Gasteiger partial charge is 0.454 e. The zero-order chi connectivity index (χ0) is 19.1. The van der Waals surface area contributed by atoms with Gasteiger partial charge in [-0.3, -0.25) is 10.1 Å². The Balaban J connectivity index is 2.25. The van der Waals surface area contributed by atoms with Crippen LogP contribution in [0.4, 0.5) is 5.69 Å². The molecule has 1 aliphatic rings. The first-order valence-corrected chi connectivity index (χ1v) is 9.82. The number of rotatable bonds is 4. The van der Waals surface area contributed by atoms with Crippen molar-refractivity contribution in [2.75, 3.05) is 0 Å². The van der Waals surface area contributed by atoms with Gasteiger partial charge in [-0.1, -0.05) is 40.2 Å². The third-order valence-electron chi connectivity index (χ3n) is 3.79. The molecular formula is C18H14BrNO5S. The molecule has 0 saturated heterocycles. The van der Waals surface area contributed by atoms with Crippen LogP contribution in [-0.2, 0) is 9.84 Å². The van der Waals surface area contributed by atoms with Crippen LogP contribution in [-0.4, -0.2) is 13.3 Å². The van der Waals surface area contributed by atoms with E-state index >= 15 is 0 Å². The summed E-state index contributed by atoms with van der Waals surface area (Å²) in [4.78, 5) is 10.4. The molecule has 134 valence electrons. The van der Waals surface area contributed by atoms with E-state index in [1.54, 1.807) is 31.2 Å². The van der Waals surface area contributed by atoms with Crippen molar-refractivity contribution in [3.05, 3.63) is 79.7 Å². The van der Waals surface area contributed by atoms with Gasteiger partial charge in [0.1, 0.15) is 10.7 Å². The minimum atomic E-state index is -3.87. The molecule has 0 radical (unpaired) electrons. The number of nitrogens with zero attached hydrogens (tertiary/aromatic N) is 1. The molecule has 0 aliphatic carbocycles. The summed E-state index contributed by atoms with van der Waals surface area (Å²) in [6.07, 6.45) is 0.115. The van der Waals surface area contributed by atoms with Gasteiger partial charge in [-0.2, -0.15) is 0 Å². The van der Waals surface area contributed by atoms with Crippen molar-refractivity contribution in [2.24, 2.45) is 0 Å². The van der Waals surface area contributed by atoms with E-state index < -0.39 is 14.8 Å². The van der Waals surface area contributed by atoms with Gasteiger partial charge < -0.3 is 4.74 Å². The number of sulfone groups is 1. The third kappa shape index (κ3) is 3.30. The maximum Gasteiger partial charge on any atom is 0.273 e. The molecule has 8 heteroatoms. The van der Waals surface area contributed by atoms with Crippen LogP contribution in [0, 0.1) is 10.1 Å². The molecule has 1 heterocycles. The number of hydrogen-bond donors (Lipinski definition) is 0. The summed E-state index contributed by atoms with van der Waals surface area (Å²) in [5, 5.41) is 11.0. The molecule has 0 saturated carbocycles. The molecule has 0 amide bonds. The molecule has 0 bridgehead atoms. The van der Waals surface area contributed by atoms with Crippen LogP contribution in [0.2, 0.25) is 0 Å². The van der Waals surface area contributed by atoms with Gasteiger partial charge in [0.25, 0.3) is 5.69 Å². The lowest BCUT2D eigenvalue weighted by atomic mass is 10.1. The summed E-state index contributed by atoms with van der Waals surface area (Å²) in [6, 6.07) is 10.5. The van der Waals surface area contributed by atoms with E-state index in [-0.39, 0.29) is 33.4 Å². The van der Waals surface area contributed by atoms with Gasteiger partial charge in [-0.15, -0.1) is 0 Å².